The number of hydrogen-bond donors (Lipinski definition) is 1. The van der Waals surface area contributed by atoms with Crippen molar-refractivity contribution in [1.29, 1.82) is 0 Å². The average Bonchev–Trinajstić information content (AvgIpc) is 2.91. The Kier molecular flexibility index (Phi) is 5.33. The van der Waals surface area contributed by atoms with Crippen LogP contribution in [-0.2, 0) is 4.79 Å². The molecule has 2 fully saturated rings. The summed E-state index contributed by atoms with van der Waals surface area (Å²) in [6, 6.07) is 3.78. The maximum absolute atomic E-state index is 12.5. The number of piperidine rings is 1. The normalized spacial score (nSPS) is 19.8. The quantitative estimate of drug-likeness (QED) is 0.920. The van der Waals surface area contributed by atoms with Crippen LogP contribution in [0.1, 0.15) is 48.9 Å². The van der Waals surface area contributed by atoms with Crippen molar-refractivity contribution in [2.45, 2.75) is 38.5 Å². The highest BCUT2D eigenvalue weighted by molar-refractivity contribution is 5.94. The molecule has 0 radical (unpaired) electrons. The van der Waals surface area contributed by atoms with Crippen LogP contribution in [0.4, 0.5) is 5.82 Å². The Labute approximate surface area is 142 Å². The summed E-state index contributed by atoms with van der Waals surface area (Å²) in [7, 11) is 0. The van der Waals surface area contributed by atoms with Gasteiger partial charge in [-0.25, -0.2) is 4.98 Å². The molecule has 6 heteroatoms. The first kappa shape index (κ1) is 16.7. The molecule has 3 rings (SSSR count). The van der Waals surface area contributed by atoms with E-state index in [1.54, 1.807) is 11.1 Å². The van der Waals surface area contributed by atoms with E-state index >= 15 is 0 Å². The number of carbonyl (C=O) groups excluding carboxylic acids is 1. The molecule has 2 aliphatic rings. The maximum atomic E-state index is 12.5. The van der Waals surface area contributed by atoms with Crippen LogP contribution in [0.15, 0.2) is 18.3 Å². The number of anilines is 1. The zero-order valence-electron chi connectivity index (χ0n) is 14.0. The highest BCUT2D eigenvalue weighted by atomic mass is 16.4. The maximum Gasteiger partial charge on any atom is 0.306 e. The van der Waals surface area contributed by atoms with E-state index in [9.17, 15) is 9.59 Å². The third-order valence-electron chi connectivity index (χ3n) is 5.06. The third-order valence-corrected chi connectivity index (χ3v) is 5.06. The number of aromatic nitrogens is 1. The molecule has 24 heavy (non-hydrogen) atoms. The van der Waals surface area contributed by atoms with Crippen molar-refractivity contribution >= 4 is 17.7 Å². The largest absolute Gasteiger partial charge is 0.481 e. The van der Waals surface area contributed by atoms with E-state index in [-0.39, 0.29) is 11.8 Å². The Bertz CT molecular complexity index is 572. The van der Waals surface area contributed by atoms with Crippen LogP contribution < -0.4 is 4.90 Å². The fraction of sp³-hybridized carbons (Fsp3) is 0.611. The van der Waals surface area contributed by atoms with Crippen molar-refractivity contribution in [3.05, 3.63) is 23.9 Å². The zero-order valence-corrected chi connectivity index (χ0v) is 14.0. The van der Waals surface area contributed by atoms with Gasteiger partial charge >= 0.3 is 5.97 Å². The highest BCUT2D eigenvalue weighted by Crippen LogP contribution is 2.21. The Balaban J connectivity index is 1.61. The van der Waals surface area contributed by atoms with Crippen molar-refractivity contribution < 1.29 is 14.7 Å². The summed E-state index contributed by atoms with van der Waals surface area (Å²) in [6.45, 7) is 3.07. The van der Waals surface area contributed by atoms with E-state index in [1.165, 1.54) is 25.7 Å². The van der Waals surface area contributed by atoms with E-state index < -0.39 is 5.97 Å². The summed E-state index contributed by atoms with van der Waals surface area (Å²) in [6.07, 6.45) is 7.66. The lowest BCUT2D eigenvalue weighted by molar-refractivity contribution is -0.143. The van der Waals surface area contributed by atoms with Crippen LogP contribution in [0.3, 0.4) is 0 Å². The number of amides is 1. The Morgan fingerprint density at radius 3 is 2.21 bits per heavy atom. The fourth-order valence-electron chi connectivity index (χ4n) is 3.51. The van der Waals surface area contributed by atoms with Gasteiger partial charge in [-0.3, -0.25) is 9.59 Å². The minimum atomic E-state index is -0.759. The lowest BCUT2D eigenvalue weighted by Crippen LogP contribution is -2.40. The molecule has 1 amide bonds. The van der Waals surface area contributed by atoms with Gasteiger partial charge < -0.3 is 14.9 Å². The van der Waals surface area contributed by atoms with Crippen LogP contribution in [-0.4, -0.2) is 53.0 Å². The van der Waals surface area contributed by atoms with Gasteiger partial charge in [-0.05, 0) is 37.8 Å². The highest BCUT2D eigenvalue weighted by Gasteiger charge is 2.27. The summed E-state index contributed by atoms with van der Waals surface area (Å²) >= 11 is 0. The monoisotopic (exact) mass is 331 g/mol. The molecular weight excluding hydrogens is 306 g/mol. The summed E-state index contributed by atoms with van der Waals surface area (Å²) in [5.74, 6) is -0.185. The van der Waals surface area contributed by atoms with Gasteiger partial charge in [-0.15, -0.1) is 0 Å². The van der Waals surface area contributed by atoms with Crippen LogP contribution in [0, 0.1) is 5.92 Å². The number of nitrogens with zero attached hydrogens (tertiary/aromatic N) is 3. The first-order chi connectivity index (χ1) is 11.6. The predicted octanol–water partition coefficient (Wildman–Crippen LogP) is 2.40. The molecule has 6 nitrogen and oxygen atoms in total. The number of carboxylic acids is 1. The number of aliphatic carboxylic acids is 1. The first-order valence-electron chi connectivity index (χ1n) is 8.88. The summed E-state index contributed by atoms with van der Waals surface area (Å²) in [4.78, 5) is 32.1. The van der Waals surface area contributed by atoms with Crippen LogP contribution in [0.25, 0.3) is 0 Å². The summed E-state index contributed by atoms with van der Waals surface area (Å²) < 4.78 is 0. The second-order valence-corrected chi connectivity index (χ2v) is 6.71. The van der Waals surface area contributed by atoms with E-state index in [4.69, 9.17) is 5.11 Å². The van der Waals surface area contributed by atoms with Gasteiger partial charge in [0.25, 0.3) is 5.91 Å². The molecule has 0 spiro atoms. The molecule has 0 unspecified atom stereocenters. The van der Waals surface area contributed by atoms with Gasteiger partial charge in [0.1, 0.15) is 5.82 Å². The van der Waals surface area contributed by atoms with E-state index in [1.807, 2.05) is 12.1 Å². The van der Waals surface area contributed by atoms with Gasteiger partial charge in [0.15, 0.2) is 0 Å². The molecule has 1 aromatic rings. The second kappa shape index (κ2) is 7.64. The minimum absolute atomic E-state index is 0.0474. The van der Waals surface area contributed by atoms with Gasteiger partial charge in [-0.2, -0.15) is 0 Å². The Morgan fingerprint density at radius 1 is 1.00 bits per heavy atom. The van der Waals surface area contributed by atoms with Crippen molar-refractivity contribution in [3.8, 4) is 0 Å². The first-order valence-corrected chi connectivity index (χ1v) is 8.88. The fourth-order valence-corrected chi connectivity index (χ4v) is 3.51. The third kappa shape index (κ3) is 3.86. The van der Waals surface area contributed by atoms with Gasteiger partial charge in [0, 0.05) is 32.4 Å². The predicted molar refractivity (Wildman–Crippen MR) is 91.2 cm³/mol. The minimum Gasteiger partial charge on any atom is -0.481 e. The Hall–Kier alpha value is -2.11. The molecular formula is C18H25N3O3. The number of hydrogen-bond acceptors (Lipinski definition) is 4. The molecule has 130 valence electrons. The van der Waals surface area contributed by atoms with Crippen molar-refractivity contribution in [2.24, 2.45) is 5.92 Å². The molecule has 2 saturated heterocycles. The molecule has 0 aliphatic carbocycles. The lowest BCUT2D eigenvalue weighted by Gasteiger charge is -2.30. The molecule has 0 aromatic carbocycles. The van der Waals surface area contributed by atoms with Gasteiger partial charge in [0.05, 0.1) is 11.5 Å². The molecule has 1 aromatic heterocycles. The number of carboxylic acid groups (broad SMARTS) is 1. The van der Waals surface area contributed by atoms with E-state index in [2.05, 4.69) is 9.88 Å². The van der Waals surface area contributed by atoms with E-state index in [0.717, 1.165) is 18.9 Å². The van der Waals surface area contributed by atoms with Crippen LogP contribution in [0.2, 0.25) is 0 Å². The van der Waals surface area contributed by atoms with Gasteiger partial charge in [0.2, 0.25) is 0 Å². The lowest BCUT2D eigenvalue weighted by atomic mass is 9.97. The molecule has 1 N–H and O–H groups in total. The average molecular weight is 331 g/mol. The van der Waals surface area contributed by atoms with E-state index in [0.29, 0.717) is 31.5 Å². The molecule has 0 bridgehead atoms. The van der Waals surface area contributed by atoms with Crippen molar-refractivity contribution in [2.75, 3.05) is 31.1 Å². The summed E-state index contributed by atoms with van der Waals surface area (Å²) in [5.41, 5.74) is 0.586. The molecule has 2 aliphatic heterocycles. The number of likely N-dealkylation sites (tertiary alicyclic amines) is 1. The SMILES string of the molecule is O=C(O)C1CCN(C(=O)c2ccc(N3CCCCCC3)nc2)CC1. The standard InChI is InChI=1S/C18H25N3O3/c22-17(21-11-7-14(8-12-21)18(23)24)15-5-6-16(19-13-15)20-9-3-1-2-4-10-20/h5-6,13-14H,1-4,7-12H2,(H,23,24). The van der Waals surface area contributed by atoms with Crippen molar-refractivity contribution in [3.63, 3.8) is 0 Å². The van der Waals surface area contributed by atoms with Crippen molar-refractivity contribution in [1.82, 2.24) is 9.88 Å². The topological polar surface area (TPSA) is 73.7 Å². The number of pyridine rings is 1. The molecule has 3 heterocycles. The number of carbonyl (C=O) groups is 2. The van der Waals surface area contributed by atoms with Crippen LogP contribution in [0.5, 0.6) is 0 Å². The smallest absolute Gasteiger partial charge is 0.306 e. The van der Waals surface area contributed by atoms with Gasteiger partial charge in [-0.1, -0.05) is 12.8 Å². The molecule has 0 atom stereocenters. The number of rotatable bonds is 3. The van der Waals surface area contributed by atoms with Crippen LogP contribution >= 0.6 is 0 Å². The Morgan fingerprint density at radius 2 is 1.67 bits per heavy atom. The second-order valence-electron chi connectivity index (χ2n) is 6.71. The molecule has 0 saturated carbocycles. The zero-order chi connectivity index (χ0) is 16.9. The summed E-state index contributed by atoms with van der Waals surface area (Å²) in [5, 5.41) is 9.04.